The average molecular weight is 409 g/mol. The number of hydrogen-bond donors (Lipinski definition) is 1. The average Bonchev–Trinajstić information content (AvgIpc) is 3.32. The fourth-order valence-electron chi connectivity index (χ4n) is 4.36. The van der Waals surface area contributed by atoms with E-state index in [-0.39, 0.29) is 0 Å². The van der Waals surface area contributed by atoms with Gasteiger partial charge in [0.1, 0.15) is 12.4 Å². The Morgan fingerprint density at radius 1 is 0.806 bits per heavy atom. The molecule has 0 saturated carbocycles. The molecule has 5 rings (SSSR count). The monoisotopic (exact) mass is 408 g/mol. The van der Waals surface area contributed by atoms with E-state index in [0.717, 1.165) is 23.4 Å². The van der Waals surface area contributed by atoms with E-state index in [1.807, 2.05) is 6.07 Å². The molecule has 1 N–H and O–H groups in total. The summed E-state index contributed by atoms with van der Waals surface area (Å²) in [4.78, 5) is 0. The van der Waals surface area contributed by atoms with Gasteiger partial charge in [0, 0.05) is 35.3 Å². The largest absolute Gasteiger partial charge is 0.488 e. The standard InChI is InChI=1S/C28H28N2O/c1-2-3-9-16-29-22-18-26-28(27(19-22)31-20-21-11-5-4-6-12-21)24-14-8-7-13-23(24)25-15-10-17-30(25)26/h4-8,10-15,17-19,29H,2-3,9,16,20H2,1H3. The lowest BCUT2D eigenvalue weighted by Crippen LogP contribution is -2.04. The summed E-state index contributed by atoms with van der Waals surface area (Å²) in [6.07, 6.45) is 5.78. The van der Waals surface area contributed by atoms with E-state index in [0.29, 0.717) is 6.61 Å². The van der Waals surface area contributed by atoms with Crippen molar-refractivity contribution in [3.63, 3.8) is 0 Å². The SMILES string of the molecule is CCCCCNc1cc(OCc2ccccc2)c2c3ccccc3c3cccn3c2c1. The summed E-state index contributed by atoms with van der Waals surface area (Å²) in [6, 6.07) is 27.7. The van der Waals surface area contributed by atoms with Crippen LogP contribution in [0.2, 0.25) is 0 Å². The van der Waals surface area contributed by atoms with E-state index in [4.69, 9.17) is 4.74 Å². The van der Waals surface area contributed by atoms with E-state index < -0.39 is 0 Å². The minimum atomic E-state index is 0.549. The molecule has 0 aliphatic heterocycles. The number of nitrogens with zero attached hydrogens (tertiary/aromatic N) is 1. The van der Waals surface area contributed by atoms with Crippen molar-refractivity contribution in [2.45, 2.75) is 32.8 Å². The number of hydrogen-bond acceptors (Lipinski definition) is 2. The molecule has 0 aliphatic rings. The van der Waals surface area contributed by atoms with Gasteiger partial charge in [0.15, 0.2) is 0 Å². The number of anilines is 1. The molecule has 0 spiro atoms. The van der Waals surface area contributed by atoms with Gasteiger partial charge >= 0.3 is 0 Å². The van der Waals surface area contributed by atoms with Gasteiger partial charge in [0.05, 0.1) is 11.0 Å². The molecular weight excluding hydrogens is 380 g/mol. The second-order valence-corrected chi connectivity index (χ2v) is 8.09. The number of fused-ring (bicyclic) bond motifs is 6. The fourth-order valence-corrected chi connectivity index (χ4v) is 4.36. The van der Waals surface area contributed by atoms with Crippen molar-refractivity contribution in [3.05, 3.63) is 90.6 Å². The lowest BCUT2D eigenvalue weighted by atomic mass is 10.0. The Balaban J connectivity index is 1.66. The van der Waals surface area contributed by atoms with Crippen LogP contribution in [0.25, 0.3) is 27.2 Å². The summed E-state index contributed by atoms with van der Waals surface area (Å²) in [5.74, 6) is 0.922. The maximum absolute atomic E-state index is 6.45. The van der Waals surface area contributed by atoms with Gasteiger partial charge in [-0.25, -0.2) is 0 Å². The van der Waals surface area contributed by atoms with Crippen LogP contribution >= 0.6 is 0 Å². The maximum Gasteiger partial charge on any atom is 0.131 e. The normalized spacial score (nSPS) is 11.4. The van der Waals surface area contributed by atoms with Gasteiger partial charge < -0.3 is 14.5 Å². The Kier molecular flexibility index (Phi) is 5.49. The molecular formula is C28H28N2O. The van der Waals surface area contributed by atoms with E-state index in [1.165, 1.54) is 46.6 Å². The van der Waals surface area contributed by atoms with Crippen molar-refractivity contribution < 1.29 is 4.74 Å². The lowest BCUT2D eigenvalue weighted by molar-refractivity contribution is 0.310. The highest BCUT2D eigenvalue weighted by atomic mass is 16.5. The number of nitrogens with one attached hydrogen (secondary N) is 1. The smallest absolute Gasteiger partial charge is 0.131 e. The van der Waals surface area contributed by atoms with Crippen molar-refractivity contribution in [1.29, 1.82) is 0 Å². The minimum Gasteiger partial charge on any atom is -0.488 e. The van der Waals surface area contributed by atoms with Crippen LogP contribution in [0, 0.1) is 0 Å². The fraction of sp³-hybridized carbons (Fsp3) is 0.214. The molecule has 0 bridgehead atoms. The molecule has 0 atom stereocenters. The zero-order valence-corrected chi connectivity index (χ0v) is 18.0. The van der Waals surface area contributed by atoms with Crippen LogP contribution in [-0.4, -0.2) is 10.9 Å². The maximum atomic E-state index is 6.45. The predicted octanol–water partition coefficient (Wildman–Crippen LogP) is 7.43. The van der Waals surface area contributed by atoms with Crippen LogP contribution in [-0.2, 0) is 6.61 Å². The molecule has 3 aromatic carbocycles. The number of rotatable bonds is 8. The highest BCUT2D eigenvalue weighted by Gasteiger charge is 2.14. The summed E-state index contributed by atoms with van der Waals surface area (Å²) in [5, 5.41) is 7.25. The Labute approximate surface area is 183 Å². The zero-order valence-electron chi connectivity index (χ0n) is 18.0. The van der Waals surface area contributed by atoms with Gasteiger partial charge in [-0.05, 0) is 35.6 Å². The zero-order chi connectivity index (χ0) is 21.0. The molecule has 0 unspecified atom stereocenters. The van der Waals surface area contributed by atoms with Crippen molar-refractivity contribution >= 4 is 32.9 Å². The van der Waals surface area contributed by atoms with E-state index in [9.17, 15) is 0 Å². The van der Waals surface area contributed by atoms with E-state index in [1.54, 1.807) is 0 Å². The Hall–Kier alpha value is -3.46. The Morgan fingerprint density at radius 2 is 1.61 bits per heavy atom. The first-order valence-corrected chi connectivity index (χ1v) is 11.2. The van der Waals surface area contributed by atoms with Gasteiger partial charge in [-0.2, -0.15) is 0 Å². The number of pyridine rings is 1. The molecule has 2 aromatic heterocycles. The highest BCUT2D eigenvalue weighted by molar-refractivity contribution is 6.15. The summed E-state index contributed by atoms with van der Waals surface area (Å²) < 4.78 is 8.74. The molecule has 2 heterocycles. The van der Waals surface area contributed by atoms with Crippen LogP contribution in [0.5, 0.6) is 5.75 Å². The Morgan fingerprint density at radius 3 is 2.45 bits per heavy atom. The van der Waals surface area contributed by atoms with Crippen LogP contribution in [0.3, 0.4) is 0 Å². The second-order valence-electron chi connectivity index (χ2n) is 8.09. The summed E-state index contributed by atoms with van der Waals surface area (Å²) >= 11 is 0. The molecule has 3 heteroatoms. The van der Waals surface area contributed by atoms with Crippen LogP contribution < -0.4 is 10.1 Å². The molecule has 5 aromatic rings. The molecule has 31 heavy (non-hydrogen) atoms. The second kappa shape index (κ2) is 8.73. The number of unbranched alkanes of at least 4 members (excludes halogenated alkanes) is 2. The molecule has 156 valence electrons. The molecule has 3 nitrogen and oxygen atoms in total. The van der Waals surface area contributed by atoms with Gasteiger partial charge in [-0.1, -0.05) is 74.4 Å². The summed E-state index contributed by atoms with van der Waals surface area (Å²) in [6.45, 7) is 3.76. The van der Waals surface area contributed by atoms with Crippen LogP contribution in [0.15, 0.2) is 85.1 Å². The van der Waals surface area contributed by atoms with Gasteiger partial charge in [0.25, 0.3) is 0 Å². The highest BCUT2D eigenvalue weighted by Crippen LogP contribution is 2.38. The van der Waals surface area contributed by atoms with Crippen molar-refractivity contribution in [1.82, 2.24) is 4.40 Å². The quantitative estimate of drug-likeness (QED) is 0.213. The first-order chi connectivity index (χ1) is 15.3. The van der Waals surface area contributed by atoms with Gasteiger partial charge in [-0.15, -0.1) is 0 Å². The molecule has 0 fully saturated rings. The van der Waals surface area contributed by atoms with Crippen LogP contribution in [0.4, 0.5) is 5.69 Å². The van der Waals surface area contributed by atoms with Gasteiger partial charge in [0.2, 0.25) is 0 Å². The topological polar surface area (TPSA) is 25.7 Å². The molecule has 0 aliphatic carbocycles. The van der Waals surface area contributed by atoms with Crippen molar-refractivity contribution in [2.24, 2.45) is 0 Å². The molecule has 0 radical (unpaired) electrons. The number of ether oxygens (including phenoxy) is 1. The third-order valence-electron chi connectivity index (χ3n) is 5.91. The van der Waals surface area contributed by atoms with Crippen molar-refractivity contribution in [2.75, 3.05) is 11.9 Å². The van der Waals surface area contributed by atoms with E-state index in [2.05, 4.69) is 95.6 Å². The van der Waals surface area contributed by atoms with Crippen molar-refractivity contribution in [3.8, 4) is 5.75 Å². The summed E-state index contributed by atoms with van der Waals surface area (Å²) in [7, 11) is 0. The summed E-state index contributed by atoms with van der Waals surface area (Å²) in [5.41, 5.74) is 4.67. The first kappa shape index (κ1) is 19.5. The third-order valence-corrected chi connectivity index (χ3v) is 5.91. The van der Waals surface area contributed by atoms with E-state index >= 15 is 0 Å². The molecule has 0 saturated heterocycles. The predicted molar refractivity (Wildman–Crippen MR) is 131 cm³/mol. The van der Waals surface area contributed by atoms with Gasteiger partial charge in [-0.3, -0.25) is 0 Å². The number of benzene rings is 3. The molecule has 0 amide bonds. The number of aromatic nitrogens is 1. The first-order valence-electron chi connectivity index (χ1n) is 11.2. The lowest BCUT2D eigenvalue weighted by Gasteiger charge is -2.17. The minimum absolute atomic E-state index is 0.549. The Bertz CT molecular complexity index is 1320. The third kappa shape index (κ3) is 3.84. The van der Waals surface area contributed by atoms with Crippen LogP contribution in [0.1, 0.15) is 31.7 Å².